The number of thiophene rings is 1. The number of isothiocyanates is 1. The highest BCUT2D eigenvalue weighted by atomic mass is 32.1. The zero-order valence-corrected chi connectivity index (χ0v) is 11.5. The number of benzene rings is 1. The Morgan fingerprint density at radius 1 is 1.16 bits per heavy atom. The highest BCUT2D eigenvalue weighted by Gasteiger charge is 2.07. The third-order valence-electron chi connectivity index (χ3n) is 2.26. The standard InChI is InChI=1S/C14H7F2NS2/c1-9-2-4-11(19-9)5-3-10-6-13(16)14(17-8-18)7-12(10)15/h2,4,6-7H,1H3. The molecule has 0 bridgehead atoms. The molecule has 0 N–H and O–H groups in total. The molecule has 94 valence electrons. The summed E-state index contributed by atoms with van der Waals surface area (Å²) in [5.74, 6) is 4.10. The number of aryl methyl sites for hydroxylation is 1. The van der Waals surface area contributed by atoms with E-state index < -0.39 is 11.6 Å². The molecule has 0 unspecified atom stereocenters. The van der Waals surface area contributed by atoms with Gasteiger partial charge in [0.05, 0.1) is 15.6 Å². The average Bonchev–Trinajstić information content (AvgIpc) is 2.78. The SMILES string of the molecule is Cc1ccc(C#Cc2cc(F)c(N=C=S)cc2F)s1. The van der Waals surface area contributed by atoms with Crippen LogP contribution in [0.2, 0.25) is 0 Å². The van der Waals surface area contributed by atoms with Crippen molar-refractivity contribution in [2.75, 3.05) is 0 Å². The fourth-order valence-corrected chi connectivity index (χ4v) is 2.22. The number of hydrogen-bond acceptors (Lipinski definition) is 3. The van der Waals surface area contributed by atoms with Crippen molar-refractivity contribution >= 4 is 34.4 Å². The quantitative estimate of drug-likeness (QED) is 0.429. The largest absolute Gasteiger partial charge is 0.206 e. The second kappa shape index (κ2) is 5.85. The minimum Gasteiger partial charge on any atom is -0.206 e. The van der Waals surface area contributed by atoms with Crippen molar-refractivity contribution in [1.29, 1.82) is 0 Å². The van der Waals surface area contributed by atoms with E-state index in [9.17, 15) is 8.78 Å². The first-order chi connectivity index (χ1) is 9.10. The summed E-state index contributed by atoms with van der Waals surface area (Å²) < 4.78 is 27.2. The monoisotopic (exact) mass is 291 g/mol. The average molecular weight is 291 g/mol. The second-order valence-electron chi connectivity index (χ2n) is 3.65. The van der Waals surface area contributed by atoms with Crippen LogP contribution in [0.5, 0.6) is 0 Å². The minimum absolute atomic E-state index is 0.00753. The van der Waals surface area contributed by atoms with E-state index in [0.717, 1.165) is 21.9 Å². The van der Waals surface area contributed by atoms with E-state index in [4.69, 9.17) is 0 Å². The van der Waals surface area contributed by atoms with Gasteiger partial charge in [0.1, 0.15) is 11.5 Å². The molecule has 0 fully saturated rings. The van der Waals surface area contributed by atoms with Crippen LogP contribution in [0.15, 0.2) is 29.3 Å². The normalized spacial score (nSPS) is 9.42. The Labute approximate surface area is 118 Å². The van der Waals surface area contributed by atoms with Crippen LogP contribution >= 0.6 is 23.6 Å². The van der Waals surface area contributed by atoms with Gasteiger partial charge in [0, 0.05) is 10.9 Å². The highest BCUT2D eigenvalue weighted by molar-refractivity contribution is 7.78. The molecule has 0 saturated heterocycles. The third kappa shape index (κ3) is 3.33. The summed E-state index contributed by atoms with van der Waals surface area (Å²) in [5.41, 5.74) is -0.183. The maximum atomic E-state index is 13.7. The van der Waals surface area contributed by atoms with Crippen molar-refractivity contribution in [3.63, 3.8) is 0 Å². The smallest absolute Gasteiger partial charge is 0.151 e. The Kier molecular flexibility index (Phi) is 4.18. The third-order valence-corrected chi connectivity index (χ3v) is 3.27. The van der Waals surface area contributed by atoms with Crippen molar-refractivity contribution in [3.8, 4) is 11.8 Å². The molecule has 1 nitrogen and oxygen atoms in total. The summed E-state index contributed by atoms with van der Waals surface area (Å²) in [6.45, 7) is 1.95. The van der Waals surface area contributed by atoms with Gasteiger partial charge in [-0.1, -0.05) is 11.8 Å². The summed E-state index contributed by atoms with van der Waals surface area (Å²) in [6, 6.07) is 5.72. The van der Waals surface area contributed by atoms with Crippen LogP contribution in [0.3, 0.4) is 0 Å². The van der Waals surface area contributed by atoms with Gasteiger partial charge in [0.15, 0.2) is 5.82 Å². The molecule has 0 aliphatic carbocycles. The van der Waals surface area contributed by atoms with Crippen LogP contribution in [0, 0.1) is 30.4 Å². The molecule has 1 aromatic carbocycles. The van der Waals surface area contributed by atoms with Crippen molar-refractivity contribution in [1.82, 2.24) is 0 Å². The Bertz CT molecular complexity index is 732. The van der Waals surface area contributed by atoms with E-state index in [0.29, 0.717) is 0 Å². The minimum atomic E-state index is -0.676. The van der Waals surface area contributed by atoms with Crippen LogP contribution in [0.4, 0.5) is 14.5 Å². The topological polar surface area (TPSA) is 12.4 Å². The van der Waals surface area contributed by atoms with Gasteiger partial charge in [-0.05, 0) is 37.3 Å². The van der Waals surface area contributed by atoms with Crippen LogP contribution in [-0.4, -0.2) is 5.16 Å². The van der Waals surface area contributed by atoms with Gasteiger partial charge >= 0.3 is 0 Å². The van der Waals surface area contributed by atoms with Gasteiger partial charge in [-0.2, -0.15) is 4.99 Å². The van der Waals surface area contributed by atoms with Gasteiger partial charge in [0.2, 0.25) is 0 Å². The molecular formula is C14H7F2NS2. The first kappa shape index (κ1) is 13.6. The Balaban J connectivity index is 2.39. The second-order valence-corrected chi connectivity index (χ2v) is 5.12. The molecular weight excluding hydrogens is 284 g/mol. The first-order valence-electron chi connectivity index (χ1n) is 5.25. The van der Waals surface area contributed by atoms with Crippen molar-refractivity contribution in [3.05, 3.63) is 51.2 Å². The maximum Gasteiger partial charge on any atom is 0.151 e. The van der Waals surface area contributed by atoms with Crippen molar-refractivity contribution in [2.45, 2.75) is 6.92 Å². The molecule has 1 heterocycles. The fraction of sp³-hybridized carbons (Fsp3) is 0.0714. The Morgan fingerprint density at radius 3 is 2.58 bits per heavy atom. The molecule has 2 aromatic rings. The van der Waals surface area contributed by atoms with Crippen LogP contribution in [0.1, 0.15) is 15.3 Å². The lowest BCUT2D eigenvalue weighted by Crippen LogP contribution is -1.87. The molecule has 0 atom stereocenters. The lowest BCUT2D eigenvalue weighted by Gasteiger charge is -1.98. The van der Waals surface area contributed by atoms with Crippen LogP contribution in [0.25, 0.3) is 0 Å². The highest BCUT2D eigenvalue weighted by Crippen LogP contribution is 2.21. The molecule has 19 heavy (non-hydrogen) atoms. The van der Waals surface area contributed by atoms with Crippen LogP contribution in [-0.2, 0) is 0 Å². The van der Waals surface area contributed by atoms with Gasteiger partial charge in [-0.3, -0.25) is 0 Å². The molecule has 0 radical (unpaired) electrons. The predicted octanol–water partition coefficient (Wildman–Crippen LogP) is 4.47. The molecule has 0 aliphatic heterocycles. The van der Waals surface area contributed by atoms with E-state index in [1.807, 2.05) is 24.2 Å². The molecule has 0 aliphatic rings. The summed E-state index contributed by atoms with van der Waals surface area (Å²) in [6.07, 6.45) is 0. The molecule has 5 heteroatoms. The van der Waals surface area contributed by atoms with E-state index >= 15 is 0 Å². The number of aliphatic imine (C=N–C) groups is 1. The van der Waals surface area contributed by atoms with E-state index in [-0.39, 0.29) is 11.3 Å². The van der Waals surface area contributed by atoms with E-state index in [1.54, 1.807) is 0 Å². The maximum absolute atomic E-state index is 13.7. The fourth-order valence-electron chi connectivity index (χ4n) is 1.40. The van der Waals surface area contributed by atoms with Gasteiger partial charge < -0.3 is 0 Å². The zero-order valence-electron chi connectivity index (χ0n) is 9.83. The van der Waals surface area contributed by atoms with Crippen molar-refractivity contribution in [2.24, 2.45) is 4.99 Å². The molecule has 0 saturated carbocycles. The molecule has 1 aromatic heterocycles. The van der Waals surface area contributed by atoms with Gasteiger partial charge in [-0.25, -0.2) is 8.78 Å². The number of nitrogens with zero attached hydrogens (tertiary/aromatic N) is 1. The number of halogens is 2. The van der Waals surface area contributed by atoms with Gasteiger partial charge in [-0.15, -0.1) is 11.3 Å². The molecule has 2 rings (SSSR count). The summed E-state index contributed by atoms with van der Waals surface area (Å²) in [5, 5.41) is 2.00. The van der Waals surface area contributed by atoms with E-state index in [1.165, 1.54) is 11.3 Å². The number of rotatable bonds is 1. The molecule has 0 amide bonds. The lowest BCUT2D eigenvalue weighted by molar-refractivity contribution is 0.599. The van der Waals surface area contributed by atoms with Gasteiger partial charge in [0.25, 0.3) is 0 Å². The summed E-state index contributed by atoms with van der Waals surface area (Å²) in [4.78, 5) is 5.35. The predicted molar refractivity (Wildman–Crippen MR) is 76.1 cm³/mol. The summed E-state index contributed by atoms with van der Waals surface area (Å²) >= 11 is 5.85. The number of hydrogen-bond donors (Lipinski definition) is 0. The summed E-state index contributed by atoms with van der Waals surface area (Å²) in [7, 11) is 0. The number of thiocarbonyl (C=S) groups is 1. The van der Waals surface area contributed by atoms with Crippen LogP contribution < -0.4 is 0 Å². The van der Waals surface area contributed by atoms with Crippen molar-refractivity contribution < 1.29 is 8.78 Å². The Morgan fingerprint density at radius 2 is 1.95 bits per heavy atom. The first-order valence-corrected chi connectivity index (χ1v) is 6.48. The zero-order chi connectivity index (χ0) is 13.8. The lowest BCUT2D eigenvalue weighted by atomic mass is 10.2. The Hall–Kier alpha value is -1.86. The molecule has 0 spiro atoms. The van der Waals surface area contributed by atoms with E-state index in [2.05, 4.69) is 29.1 Å².